The lowest BCUT2D eigenvalue weighted by atomic mass is 10.2. The monoisotopic (exact) mass is 418 g/mol. The molecule has 146 valence electrons. The van der Waals surface area contributed by atoms with E-state index in [0.717, 1.165) is 11.3 Å². The van der Waals surface area contributed by atoms with E-state index in [1.165, 1.54) is 36.0 Å². The number of rotatable bonds is 6. The maximum absolute atomic E-state index is 12.5. The first-order valence-corrected chi connectivity index (χ1v) is 10.6. The first-order valence-electron chi connectivity index (χ1n) is 8.20. The summed E-state index contributed by atoms with van der Waals surface area (Å²) in [5, 5.41) is 19.5. The van der Waals surface area contributed by atoms with Crippen molar-refractivity contribution in [3.8, 4) is 5.69 Å². The molecule has 28 heavy (non-hydrogen) atoms. The summed E-state index contributed by atoms with van der Waals surface area (Å²) >= 11 is 1.21. The van der Waals surface area contributed by atoms with Crippen LogP contribution >= 0.6 is 11.8 Å². The van der Waals surface area contributed by atoms with E-state index in [2.05, 4.69) is 20.8 Å². The number of thioether (sulfide) groups is 1. The number of hydrogen-bond donors (Lipinski definition) is 2. The number of aryl methyl sites for hydroxylation is 1. The maximum atomic E-state index is 12.5. The average molecular weight is 419 g/mol. The SMILES string of the molecule is Cc1cccc(-n2nnnc2S[C@H](C)C(=O)Nc2ccc(S(N)(=O)=O)cc2)c1. The van der Waals surface area contributed by atoms with Crippen LogP contribution in [0.5, 0.6) is 0 Å². The second kappa shape index (κ2) is 8.09. The molecule has 0 unspecified atom stereocenters. The second-order valence-corrected chi connectivity index (χ2v) is 8.90. The number of hydrogen-bond acceptors (Lipinski definition) is 7. The van der Waals surface area contributed by atoms with E-state index in [4.69, 9.17) is 5.14 Å². The van der Waals surface area contributed by atoms with E-state index in [1.54, 1.807) is 11.6 Å². The van der Waals surface area contributed by atoms with Gasteiger partial charge in [-0.15, -0.1) is 5.10 Å². The molecule has 1 heterocycles. The lowest BCUT2D eigenvalue weighted by molar-refractivity contribution is -0.115. The number of sulfonamides is 1. The number of carbonyl (C=O) groups excluding carboxylic acids is 1. The quantitative estimate of drug-likeness (QED) is 0.583. The zero-order chi connectivity index (χ0) is 20.3. The Morgan fingerprint density at radius 1 is 1.21 bits per heavy atom. The predicted octanol–water partition coefficient (Wildman–Crippen LogP) is 1.74. The first kappa shape index (κ1) is 20.0. The summed E-state index contributed by atoms with van der Waals surface area (Å²) in [6, 6.07) is 13.3. The van der Waals surface area contributed by atoms with Gasteiger partial charge in [0.15, 0.2) is 0 Å². The molecule has 0 aliphatic rings. The predicted molar refractivity (Wildman–Crippen MR) is 106 cm³/mol. The largest absolute Gasteiger partial charge is 0.325 e. The van der Waals surface area contributed by atoms with Crippen molar-refractivity contribution in [2.45, 2.75) is 29.1 Å². The molecule has 1 atom stereocenters. The third-order valence-corrected chi connectivity index (χ3v) is 5.75. The number of anilines is 1. The third kappa shape index (κ3) is 4.74. The van der Waals surface area contributed by atoms with E-state index in [0.29, 0.717) is 10.8 Å². The highest BCUT2D eigenvalue weighted by molar-refractivity contribution is 8.00. The van der Waals surface area contributed by atoms with Gasteiger partial charge in [0, 0.05) is 5.69 Å². The van der Waals surface area contributed by atoms with Crippen molar-refractivity contribution in [3.05, 3.63) is 54.1 Å². The van der Waals surface area contributed by atoms with Gasteiger partial charge in [-0.2, -0.15) is 4.68 Å². The lowest BCUT2D eigenvalue weighted by Gasteiger charge is -2.12. The number of primary sulfonamides is 1. The van der Waals surface area contributed by atoms with Gasteiger partial charge in [-0.3, -0.25) is 4.79 Å². The normalized spacial score (nSPS) is 12.5. The summed E-state index contributed by atoms with van der Waals surface area (Å²) in [5.74, 6) is -0.271. The number of aromatic nitrogens is 4. The summed E-state index contributed by atoms with van der Waals surface area (Å²) < 4.78 is 24.1. The van der Waals surface area contributed by atoms with Gasteiger partial charge in [-0.1, -0.05) is 23.9 Å². The van der Waals surface area contributed by atoms with Gasteiger partial charge in [0.05, 0.1) is 15.8 Å². The van der Waals surface area contributed by atoms with Gasteiger partial charge >= 0.3 is 0 Å². The van der Waals surface area contributed by atoms with Crippen LogP contribution in [0.3, 0.4) is 0 Å². The summed E-state index contributed by atoms with van der Waals surface area (Å²) in [6.45, 7) is 3.70. The van der Waals surface area contributed by atoms with Crippen molar-refractivity contribution in [1.29, 1.82) is 0 Å². The smallest absolute Gasteiger partial charge is 0.238 e. The van der Waals surface area contributed by atoms with Crippen LogP contribution in [-0.2, 0) is 14.8 Å². The van der Waals surface area contributed by atoms with E-state index >= 15 is 0 Å². The van der Waals surface area contributed by atoms with Crippen molar-refractivity contribution < 1.29 is 13.2 Å². The number of benzene rings is 2. The summed E-state index contributed by atoms with van der Waals surface area (Å²) in [6.07, 6.45) is 0. The van der Waals surface area contributed by atoms with Crippen LogP contribution < -0.4 is 10.5 Å². The summed E-state index contributed by atoms with van der Waals surface area (Å²) in [7, 11) is -3.77. The molecule has 0 aliphatic carbocycles. The Balaban J connectivity index is 1.69. The Morgan fingerprint density at radius 2 is 1.93 bits per heavy atom. The van der Waals surface area contributed by atoms with E-state index in [1.807, 2.05) is 31.2 Å². The molecule has 3 aromatic rings. The highest BCUT2D eigenvalue weighted by atomic mass is 32.2. The fraction of sp³-hybridized carbons (Fsp3) is 0.176. The minimum atomic E-state index is -3.77. The van der Waals surface area contributed by atoms with E-state index < -0.39 is 15.3 Å². The number of carbonyl (C=O) groups is 1. The van der Waals surface area contributed by atoms with Crippen LogP contribution in [-0.4, -0.2) is 39.8 Å². The second-order valence-electron chi connectivity index (χ2n) is 6.03. The number of nitrogens with two attached hydrogens (primary N) is 1. The van der Waals surface area contributed by atoms with Crippen molar-refractivity contribution in [2.75, 3.05) is 5.32 Å². The molecule has 0 fully saturated rings. The fourth-order valence-corrected chi connectivity index (χ4v) is 3.68. The van der Waals surface area contributed by atoms with Crippen LogP contribution in [0.15, 0.2) is 58.6 Å². The molecule has 3 N–H and O–H groups in total. The standard InChI is InChI=1S/C17H18N6O3S2/c1-11-4-3-5-14(10-11)23-17(20-21-22-23)27-12(2)16(24)19-13-6-8-15(9-7-13)28(18,25)26/h3-10,12H,1-2H3,(H,19,24)(H2,18,25,26)/t12-/m1/s1. The molecule has 2 aromatic carbocycles. The molecule has 0 spiro atoms. The van der Waals surface area contributed by atoms with Crippen LogP contribution in [0.2, 0.25) is 0 Å². The molecule has 11 heteroatoms. The van der Waals surface area contributed by atoms with Gasteiger partial charge in [0.25, 0.3) is 0 Å². The molecule has 0 saturated heterocycles. The third-order valence-electron chi connectivity index (χ3n) is 3.79. The molecule has 0 radical (unpaired) electrons. The molecule has 9 nitrogen and oxygen atoms in total. The van der Waals surface area contributed by atoms with Crippen LogP contribution in [0, 0.1) is 6.92 Å². The van der Waals surface area contributed by atoms with Gasteiger partial charge in [-0.05, 0) is 66.2 Å². The Kier molecular flexibility index (Phi) is 5.77. The van der Waals surface area contributed by atoms with Crippen molar-refractivity contribution >= 4 is 33.4 Å². The molecule has 1 amide bonds. The molecule has 1 aromatic heterocycles. The maximum Gasteiger partial charge on any atom is 0.238 e. The van der Waals surface area contributed by atoms with Crippen LogP contribution in [0.1, 0.15) is 12.5 Å². The molecule has 0 aliphatic heterocycles. The Labute approximate surface area is 166 Å². The van der Waals surface area contributed by atoms with Crippen molar-refractivity contribution in [3.63, 3.8) is 0 Å². The minimum Gasteiger partial charge on any atom is -0.325 e. The molecular weight excluding hydrogens is 400 g/mol. The molecule has 3 rings (SSSR count). The Bertz CT molecular complexity index is 1100. The minimum absolute atomic E-state index is 0.0229. The molecule has 0 bridgehead atoms. The number of tetrazole rings is 1. The van der Waals surface area contributed by atoms with E-state index in [-0.39, 0.29) is 10.8 Å². The van der Waals surface area contributed by atoms with Crippen molar-refractivity contribution in [1.82, 2.24) is 20.2 Å². The summed E-state index contributed by atoms with van der Waals surface area (Å²) in [5.41, 5.74) is 2.33. The molecule has 0 saturated carbocycles. The summed E-state index contributed by atoms with van der Waals surface area (Å²) in [4.78, 5) is 12.4. The van der Waals surface area contributed by atoms with Crippen molar-refractivity contribution in [2.24, 2.45) is 5.14 Å². The van der Waals surface area contributed by atoms with E-state index in [9.17, 15) is 13.2 Å². The van der Waals surface area contributed by atoms with Gasteiger partial charge in [0.1, 0.15) is 0 Å². The zero-order valence-electron chi connectivity index (χ0n) is 15.1. The number of nitrogens with zero attached hydrogens (tertiary/aromatic N) is 4. The zero-order valence-corrected chi connectivity index (χ0v) is 16.7. The van der Waals surface area contributed by atoms with Crippen LogP contribution in [0.25, 0.3) is 5.69 Å². The lowest BCUT2D eigenvalue weighted by Crippen LogP contribution is -2.23. The highest BCUT2D eigenvalue weighted by Gasteiger charge is 2.19. The first-order chi connectivity index (χ1) is 13.2. The van der Waals surface area contributed by atoms with Gasteiger partial charge < -0.3 is 5.32 Å². The fourth-order valence-electron chi connectivity index (χ4n) is 2.36. The Morgan fingerprint density at radius 3 is 2.57 bits per heavy atom. The number of amides is 1. The van der Waals surface area contributed by atoms with Gasteiger partial charge in [0.2, 0.25) is 21.1 Å². The molecular formula is C17H18N6O3S2. The average Bonchev–Trinajstić information content (AvgIpc) is 3.09. The highest BCUT2D eigenvalue weighted by Crippen LogP contribution is 2.24. The number of nitrogens with one attached hydrogen (secondary N) is 1. The topological polar surface area (TPSA) is 133 Å². The van der Waals surface area contributed by atoms with Gasteiger partial charge in [-0.25, -0.2) is 13.6 Å². The Hall–Kier alpha value is -2.76. The van der Waals surface area contributed by atoms with Crippen LogP contribution in [0.4, 0.5) is 5.69 Å².